The van der Waals surface area contributed by atoms with E-state index in [1.54, 1.807) is 0 Å². The summed E-state index contributed by atoms with van der Waals surface area (Å²) in [6, 6.07) is 6.38. The molecule has 0 saturated heterocycles. The van der Waals surface area contributed by atoms with Gasteiger partial charge in [-0.1, -0.05) is 19.4 Å². The Morgan fingerprint density at radius 1 is 1.45 bits per heavy atom. The van der Waals surface area contributed by atoms with E-state index in [-0.39, 0.29) is 5.91 Å². The van der Waals surface area contributed by atoms with E-state index in [1.807, 2.05) is 23.1 Å². The molecule has 0 atom stereocenters. The fraction of sp³-hybridized carbons (Fsp3) is 0.625. The van der Waals surface area contributed by atoms with Crippen molar-refractivity contribution in [1.29, 1.82) is 0 Å². The van der Waals surface area contributed by atoms with Crippen LogP contribution in [0.15, 0.2) is 18.2 Å². The van der Waals surface area contributed by atoms with Gasteiger partial charge in [-0.15, -0.1) is 0 Å². The molecule has 4 heteroatoms. The molecule has 1 aliphatic rings. The molecule has 1 heterocycles. The van der Waals surface area contributed by atoms with Gasteiger partial charge in [-0.25, -0.2) is 4.98 Å². The molecule has 1 amide bonds. The highest BCUT2D eigenvalue weighted by molar-refractivity contribution is 5.93. The monoisotopic (exact) mass is 275 g/mol. The lowest BCUT2D eigenvalue weighted by atomic mass is 10.2. The third-order valence-corrected chi connectivity index (χ3v) is 3.41. The van der Waals surface area contributed by atoms with Gasteiger partial charge in [0, 0.05) is 18.6 Å². The van der Waals surface area contributed by atoms with Crippen LogP contribution in [0.4, 0.5) is 5.82 Å². The largest absolute Gasteiger partial charge is 0.368 e. The van der Waals surface area contributed by atoms with Gasteiger partial charge in [0.05, 0.1) is 0 Å². The van der Waals surface area contributed by atoms with Crippen LogP contribution in [0.2, 0.25) is 0 Å². The first kappa shape index (κ1) is 14.8. The molecular weight excluding hydrogens is 250 g/mol. The highest BCUT2D eigenvalue weighted by Gasteiger charge is 2.33. The summed E-state index contributed by atoms with van der Waals surface area (Å²) < 4.78 is 0. The number of pyridine rings is 1. The van der Waals surface area contributed by atoms with Gasteiger partial charge in [-0.05, 0) is 45.2 Å². The molecule has 1 saturated carbocycles. The molecule has 1 aromatic heterocycles. The molecule has 20 heavy (non-hydrogen) atoms. The van der Waals surface area contributed by atoms with Gasteiger partial charge >= 0.3 is 0 Å². The van der Waals surface area contributed by atoms with E-state index in [2.05, 4.69) is 31.1 Å². The van der Waals surface area contributed by atoms with Crippen LogP contribution in [0.25, 0.3) is 0 Å². The number of carbonyl (C=O) groups excluding carboxylic acids is 1. The number of rotatable bonds is 7. The van der Waals surface area contributed by atoms with Gasteiger partial charge < -0.3 is 10.2 Å². The molecule has 0 bridgehead atoms. The van der Waals surface area contributed by atoms with Crippen LogP contribution in [0.3, 0.4) is 0 Å². The highest BCUT2D eigenvalue weighted by Crippen LogP contribution is 2.28. The van der Waals surface area contributed by atoms with Crippen molar-refractivity contribution in [1.82, 2.24) is 9.88 Å². The third kappa shape index (κ3) is 3.95. The minimum absolute atomic E-state index is 0.0772. The summed E-state index contributed by atoms with van der Waals surface area (Å²) in [7, 11) is 0. The summed E-state index contributed by atoms with van der Waals surface area (Å²) in [5.74, 6) is 0.852. The molecule has 1 N–H and O–H groups in total. The van der Waals surface area contributed by atoms with Crippen LogP contribution in [0.5, 0.6) is 0 Å². The van der Waals surface area contributed by atoms with Crippen LogP contribution >= 0.6 is 0 Å². The molecule has 110 valence electrons. The van der Waals surface area contributed by atoms with E-state index in [4.69, 9.17) is 0 Å². The van der Waals surface area contributed by atoms with Crippen molar-refractivity contribution < 1.29 is 4.79 Å². The van der Waals surface area contributed by atoms with Crippen molar-refractivity contribution in [2.45, 2.75) is 58.5 Å². The fourth-order valence-corrected chi connectivity index (χ4v) is 2.24. The minimum atomic E-state index is 0.0772. The minimum Gasteiger partial charge on any atom is -0.368 e. The maximum atomic E-state index is 12.6. The zero-order valence-corrected chi connectivity index (χ0v) is 12.7. The first-order valence-electron chi connectivity index (χ1n) is 7.66. The second kappa shape index (κ2) is 6.73. The van der Waals surface area contributed by atoms with Crippen LogP contribution in [0.1, 0.15) is 56.9 Å². The summed E-state index contributed by atoms with van der Waals surface area (Å²) in [6.07, 6.45) is 4.45. The number of nitrogens with one attached hydrogen (secondary N) is 1. The van der Waals surface area contributed by atoms with Gasteiger partial charge in [0.25, 0.3) is 5.91 Å². The molecule has 4 nitrogen and oxygen atoms in total. The number of hydrogen-bond acceptors (Lipinski definition) is 3. The van der Waals surface area contributed by atoms with E-state index in [1.165, 1.54) is 0 Å². The molecule has 0 spiro atoms. The fourth-order valence-electron chi connectivity index (χ4n) is 2.24. The molecule has 0 aromatic carbocycles. The topological polar surface area (TPSA) is 45.2 Å². The maximum absolute atomic E-state index is 12.6. The number of aromatic nitrogens is 1. The average Bonchev–Trinajstić information content (AvgIpc) is 3.23. The Morgan fingerprint density at radius 2 is 2.20 bits per heavy atom. The second-order valence-electron chi connectivity index (χ2n) is 5.79. The summed E-state index contributed by atoms with van der Waals surface area (Å²) in [6.45, 7) is 7.13. The second-order valence-corrected chi connectivity index (χ2v) is 5.79. The number of unbranched alkanes of at least 4 members (excludes halogenated alkanes) is 1. The van der Waals surface area contributed by atoms with Gasteiger partial charge in [0.2, 0.25) is 0 Å². The van der Waals surface area contributed by atoms with Crippen molar-refractivity contribution in [3.05, 3.63) is 23.9 Å². The molecular formula is C16H25N3O. The number of hydrogen-bond donors (Lipinski definition) is 1. The van der Waals surface area contributed by atoms with Gasteiger partial charge in [0.1, 0.15) is 11.5 Å². The molecule has 0 aliphatic heterocycles. The summed E-state index contributed by atoms with van der Waals surface area (Å²) >= 11 is 0. The normalized spacial score (nSPS) is 14.4. The van der Waals surface area contributed by atoms with Crippen molar-refractivity contribution in [2.75, 3.05) is 11.9 Å². The molecule has 0 unspecified atom stereocenters. The van der Waals surface area contributed by atoms with Crippen molar-refractivity contribution >= 4 is 11.7 Å². The maximum Gasteiger partial charge on any atom is 0.272 e. The smallest absolute Gasteiger partial charge is 0.272 e. The zero-order chi connectivity index (χ0) is 14.5. The van der Waals surface area contributed by atoms with Gasteiger partial charge in [-0.3, -0.25) is 4.79 Å². The Morgan fingerprint density at radius 3 is 2.80 bits per heavy atom. The number of anilines is 1. The van der Waals surface area contributed by atoms with E-state index in [0.717, 1.165) is 38.0 Å². The predicted molar refractivity (Wildman–Crippen MR) is 82.0 cm³/mol. The SMILES string of the molecule is CCCCN(C(=O)c1cccc(NC(C)C)n1)C1CC1. The van der Waals surface area contributed by atoms with Gasteiger partial charge in [0.15, 0.2) is 0 Å². The molecule has 1 fully saturated rings. The van der Waals surface area contributed by atoms with Crippen LogP contribution in [-0.4, -0.2) is 34.4 Å². The number of carbonyl (C=O) groups is 1. The summed E-state index contributed by atoms with van der Waals surface area (Å²) in [5, 5.41) is 3.25. The lowest BCUT2D eigenvalue weighted by Crippen LogP contribution is -2.34. The van der Waals surface area contributed by atoms with Crippen molar-refractivity contribution in [3.63, 3.8) is 0 Å². The zero-order valence-electron chi connectivity index (χ0n) is 12.7. The van der Waals surface area contributed by atoms with E-state index >= 15 is 0 Å². The van der Waals surface area contributed by atoms with Crippen LogP contribution < -0.4 is 5.32 Å². The van der Waals surface area contributed by atoms with E-state index in [9.17, 15) is 4.79 Å². The first-order valence-corrected chi connectivity index (χ1v) is 7.66. The summed E-state index contributed by atoms with van der Waals surface area (Å²) in [5.41, 5.74) is 0.554. The Labute approximate surface area is 121 Å². The Balaban J connectivity index is 2.09. The average molecular weight is 275 g/mol. The lowest BCUT2D eigenvalue weighted by Gasteiger charge is -2.22. The third-order valence-electron chi connectivity index (χ3n) is 3.41. The van der Waals surface area contributed by atoms with E-state index in [0.29, 0.717) is 17.8 Å². The molecule has 2 rings (SSSR count). The quantitative estimate of drug-likeness (QED) is 0.830. The summed E-state index contributed by atoms with van der Waals surface area (Å²) in [4.78, 5) is 19.1. The Kier molecular flexibility index (Phi) is 4.99. The number of amides is 1. The van der Waals surface area contributed by atoms with Crippen molar-refractivity contribution in [2.24, 2.45) is 0 Å². The molecule has 1 aliphatic carbocycles. The predicted octanol–water partition coefficient (Wildman–Crippen LogP) is 3.31. The highest BCUT2D eigenvalue weighted by atomic mass is 16.2. The van der Waals surface area contributed by atoms with Crippen LogP contribution in [0, 0.1) is 0 Å². The molecule has 0 radical (unpaired) electrons. The van der Waals surface area contributed by atoms with Crippen molar-refractivity contribution in [3.8, 4) is 0 Å². The lowest BCUT2D eigenvalue weighted by molar-refractivity contribution is 0.0735. The Bertz CT molecular complexity index is 455. The Hall–Kier alpha value is -1.58. The number of nitrogens with zero attached hydrogens (tertiary/aromatic N) is 2. The molecule has 1 aromatic rings. The van der Waals surface area contributed by atoms with E-state index < -0.39 is 0 Å². The standard InChI is InChI=1S/C16H25N3O/c1-4-5-11-19(13-9-10-13)16(20)14-7-6-8-15(18-14)17-12(2)3/h6-8,12-13H,4-5,9-11H2,1-3H3,(H,17,18). The van der Waals surface area contributed by atoms with Crippen LogP contribution in [-0.2, 0) is 0 Å². The first-order chi connectivity index (χ1) is 9.61. The van der Waals surface area contributed by atoms with Gasteiger partial charge in [-0.2, -0.15) is 0 Å².